The highest BCUT2D eigenvalue weighted by Gasteiger charge is 2.51. The Morgan fingerprint density at radius 1 is 1.00 bits per heavy atom. The molecule has 0 aliphatic heterocycles. The van der Waals surface area contributed by atoms with Gasteiger partial charge >= 0.3 is 0 Å². The minimum atomic E-state index is -4.41. The molecule has 0 amide bonds. The number of hydrogen-bond donors (Lipinski definition) is 1. The maximum Gasteiger partial charge on any atom is 0.241 e. The van der Waals surface area contributed by atoms with Crippen molar-refractivity contribution in [3.8, 4) is 0 Å². The molecule has 1 aliphatic rings. The third kappa shape index (κ3) is 3.35. The minimum Gasteiger partial charge on any atom is -0.229 e. The van der Waals surface area contributed by atoms with Gasteiger partial charge in [0.15, 0.2) is 17.5 Å². The summed E-state index contributed by atoms with van der Waals surface area (Å²) in [5, 5.41) is 0. The topological polar surface area (TPSA) is 46.2 Å². The summed E-state index contributed by atoms with van der Waals surface area (Å²) < 4.78 is 98.4. The zero-order valence-electron chi connectivity index (χ0n) is 14.4. The Morgan fingerprint density at radius 3 is 2.25 bits per heavy atom. The smallest absolute Gasteiger partial charge is 0.229 e. The Bertz CT molecular complexity index is 1080. The monoisotopic (exact) mass is 415 g/mol. The molecule has 0 bridgehead atoms. The van der Waals surface area contributed by atoms with Crippen LogP contribution < -0.4 is 4.72 Å². The molecule has 9 heteroatoms. The number of nitrogens with one attached hydrogen (secondary N) is 1. The van der Waals surface area contributed by atoms with Gasteiger partial charge in [-0.05, 0) is 48.4 Å². The second kappa shape index (κ2) is 7.14. The van der Waals surface area contributed by atoms with Gasteiger partial charge in [0.05, 0.1) is 10.9 Å². The molecular formula is C19H14F5NO2S. The van der Waals surface area contributed by atoms with E-state index in [9.17, 15) is 26.0 Å². The molecule has 28 heavy (non-hydrogen) atoms. The fourth-order valence-corrected chi connectivity index (χ4v) is 4.08. The number of sulfonamides is 1. The van der Waals surface area contributed by atoms with Crippen molar-refractivity contribution in [2.75, 3.05) is 0 Å². The molecule has 1 aliphatic carbocycles. The van der Waals surface area contributed by atoms with Gasteiger partial charge in [0.2, 0.25) is 15.7 Å². The Labute approximate surface area is 158 Å². The lowest BCUT2D eigenvalue weighted by atomic mass is 9.83. The van der Waals surface area contributed by atoms with Crippen molar-refractivity contribution in [3.63, 3.8) is 0 Å². The first-order chi connectivity index (χ1) is 13.1. The predicted octanol–water partition coefficient (Wildman–Crippen LogP) is 4.66. The van der Waals surface area contributed by atoms with E-state index < -0.39 is 50.6 Å². The average molecular weight is 415 g/mol. The van der Waals surface area contributed by atoms with Gasteiger partial charge in [0.1, 0.15) is 5.82 Å². The third-order valence-corrected chi connectivity index (χ3v) is 5.83. The van der Waals surface area contributed by atoms with Crippen LogP contribution in [0.4, 0.5) is 22.0 Å². The Hall–Kier alpha value is -2.52. The molecule has 2 aromatic rings. The van der Waals surface area contributed by atoms with E-state index in [2.05, 4.69) is 0 Å². The summed E-state index contributed by atoms with van der Waals surface area (Å²) in [6.45, 7) is 1.27. The summed E-state index contributed by atoms with van der Waals surface area (Å²) in [7, 11) is -4.41. The van der Waals surface area contributed by atoms with Crippen LogP contribution in [-0.4, -0.2) is 14.5 Å². The average Bonchev–Trinajstić information content (AvgIpc) is 2.67. The van der Waals surface area contributed by atoms with Crippen molar-refractivity contribution in [2.24, 2.45) is 0 Å². The third-order valence-electron chi connectivity index (χ3n) is 4.38. The molecule has 2 atom stereocenters. The molecule has 0 heterocycles. The molecular weight excluding hydrogens is 401 g/mol. The van der Waals surface area contributed by atoms with E-state index in [1.165, 1.54) is 37.3 Å². The quantitative estimate of drug-likeness (QED) is 0.739. The molecule has 148 valence electrons. The fourth-order valence-electron chi connectivity index (χ4n) is 2.86. The Kier molecular flexibility index (Phi) is 5.16. The van der Waals surface area contributed by atoms with E-state index in [-0.39, 0.29) is 10.5 Å². The van der Waals surface area contributed by atoms with Crippen LogP contribution in [0.3, 0.4) is 0 Å². The van der Waals surface area contributed by atoms with Crippen LogP contribution in [-0.2, 0) is 15.7 Å². The van der Waals surface area contributed by atoms with Crippen molar-refractivity contribution in [1.82, 2.24) is 4.72 Å². The first-order valence-corrected chi connectivity index (χ1v) is 9.52. The minimum absolute atomic E-state index is 0.0811. The summed E-state index contributed by atoms with van der Waals surface area (Å²) in [6, 6.07) is 7.16. The lowest BCUT2D eigenvalue weighted by molar-refractivity contribution is 0.134. The standard InChI is InChI=1S/C19H14F5NO2S/c1-11-9-12(7-8-14(11)20)19(24)16(10-15(21)17(22)18(19)23)25-28(26,27)13-5-3-2-4-6-13/h2-10,16,25H,1H3. The zero-order valence-corrected chi connectivity index (χ0v) is 15.2. The molecule has 0 saturated carbocycles. The SMILES string of the molecule is Cc1cc(C2(F)C(F)=C(F)C(F)=CC2NS(=O)(=O)c2ccccc2)ccc1F. The van der Waals surface area contributed by atoms with Crippen molar-refractivity contribution in [1.29, 1.82) is 0 Å². The number of allylic oxidation sites excluding steroid dienone is 2. The van der Waals surface area contributed by atoms with Crippen LogP contribution in [0.5, 0.6) is 0 Å². The Balaban J connectivity index is 2.13. The van der Waals surface area contributed by atoms with Crippen molar-refractivity contribution >= 4 is 10.0 Å². The van der Waals surface area contributed by atoms with E-state index in [4.69, 9.17) is 0 Å². The van der Waals surface area contributed by atoms with Crippen LogP contribution in [0.1, 0.15) is 11.1 Å². The van der Waals surface area contributed by atoms with E-state index in [1.54, 1.807) is 0 Å². The molecule has 0 spiro atoms. The largest absolute Gasteiger partial charge is 0.241 e. The van der Waals surface area contributed by atoms with Gasteiger partial charge in [0, 0.05) is 0 Å². The van der Waals surface area contributed by atoms with Gasteiger partial charge < -0.3 is 0 Å². The van der Waals surface area contributed by atoms with E-state index in [0.717, 1.165) is 18.2 Å². The number of benzene rings is 2. The lowest BCUT2D eigenvalue weighted by Crippen LogP contribution is -2.49. The molecule has 3 rings (SSSR count). The summed E-state index contributed by atoms with van der Waals surface area (Å²) >= 11 is 0. The number of halogens is 5. The molecule has 3 nitrogen and oxygen atoms in total. The van der Waals surface area contributed by atoms with Crippen LogP contribution >= 0.6 is 0 Å². The fraction of sp³-hybridized carbons (Fsp3) is 0.158. The van der Waals surface area contributed by atoms with Gasteiger partial charge in [-0.15, -0.1) is 0 Å². The van der Waals surface area contributed by atoms with Crippen molar-refractivity contribution in [3.05, 3.63) is 89.0 Å². The maximum atomic E-state index is 15.8. The number of alkyl halides is 1. The second-order valence-electron chi connectivity index (χ2n) is 6.23. The van der Waals surface area contributed by atoms with Gasteiger partial charge in [-0.1, -0.05) is 24.3 Å². The second-order valence-corrected chi connectivity index (χ2v) is 7.94. The predicted molar refractivity (Wildman–Crippen MR) is 92.9 cm³/mol. The normalized spacial score (nSPS) is 22.9. The molecule has 1 N–H and O–H groups in total. The summed E-state index contributed by atoms with van der Waals surface area (Å²) in [5.74, 6) is -6.69. The summed E-state index contributed by atoms with van der Waals surface area (Å²) in [6.07, 6.45) is 0.303. The highest BCUT2D eigenvalue weighted by molar-refractivity contribution is 7.89. The lowest BCUT2D eigenvalue weighted by Gasteiger charge is -2.34. The number of hydrogen-bond acceptors (Lipinski definition) is 2. The van der Waals surface area contributed by atoms with E-state index in [1.807, 2.05) is 4.72 Å². The van der Waals surface area contributed by atoms with Crippen LogP contribution in [0.2, 0.25) is 0 Å². The maximum absolute atomic E-state index is 15.8. The van der Waals surface area contributed by atoms with Crippen molar-refractivity contribution < 1.29 is 30.4 Å². The molecule has 2 unspecified atom stereocenters. The first-order valence-electron chi connectivity index (χ1n) is 8.03. The van der Waals surface area contributed by atoms with Crippen LogP contribution in [0, 0.1) is 12.7 Å². The number of rotatable bonds is 4. The summed E-state index contributed by atoms with van der Waals surface area (Å²) in [5.41, 5.74) is -4.06. The number of aryl methyl sites for hydroxylation is 1. The molecule has 0 aromatic heterocycles. The van der Waals surface area contributed by atoms with Crippen LogP contribution in [0.25, 0.3) is 0 Å². The van der Waals surface area contributed by atoms with Crippen molar-refractivity contribution in [2.45, 2.75) is 23.5 Å². The van der Waals surface area contributed by atoms with E-state index in [0.29, 0.717) is 6.08 Å². The van der Waals surface area contributed by atoms with Crippen LogP contribution in [0.15, 0.2) is 77.0 Å². The highest BCUT2D eigenvalue weighted by Crippen LogP contribution is 2.46. The molecule has 2 aromatic carbocycles. The molecule has 0 radical (unpaired) electrons. The Morgan fingerprint density at radius 2 is 1.64 bits per heavy atom. The first kappa shape index (κ1) is 20.2. The summed E-state index contributed by atoms with van der Waals surface area (Å²) in [4.78, 5) is -0.281. The van der Waals surface area contributed by atoms with Gasteiger partial charge in [0.25, 0.3) is 0 Å². The van der Waals surface area contributed by atoms with Gasteiger partial charge in [-0.3, -0.25) is 0 Å². The zero-order chi connectivity index (χ0) is 20.7. The molecule has 0 fully saturated rings. The highest BCUT2D eigenvalue weighted by atomic mass is 32.2. The van der Waals surface area contributed by atoms with Gasteiger partial charge in [-0.2, -0.15) is 0 Å². The van der Waals surface area contributed by atoms with E-state index >= 15 is 4.39 Å². The van der Waals surface area contributed by atoms with Gasteiger partial charge in [-0.25, -0.2) is 35.1 Å². The molecule has 0 saturated heterocycles.